The number of thiazole rings is 1. The molecule has 6 heteroatoms. The van der Waals surface area contributed by atoms with Crippen molar-refractivity contribution in [2.75, 3.05) is 0 Å². The fourth-order valence-corrected chi connectivity index (χ4v) is 2.69. The summed E-state index contributed by atoms with van der Waals surface area (Å²) in [6, 6.07) is 0. The van der Waals surface area contributed by atoms with Gasteiger partial charge < -0.3 is 4.98 Å². The Morgan fingerprint density at radius 2 is 2.17 bits per heavy atom. The van der Waals surface area contributed by atoms with Gasteiger partial charge in [0.25, 0.3) is 5.56 Å². The predicted molar refractivity (Wildman–Crippen MR) is 82.0 cm³/mol. The van der Waals surface area contributed by atoms with Crippen molar-refractivity contribution in [3.63, 3.8) is 0 Å². The summed E-state index contributed by atoms with van der Waals surface area (Å²) in [5.41, 5.74) is 1.52. The first kappa shape index (κ1) is 13.7. The quantitative estimate of drug-likeness (QED) is 0.840. The second kappa shape index (κ2) is 5.48. The largest absolute Gasteiger partial charge is 0.304 e. The molecule has 0 fully saturated rings. The van der Waals surface area contributed by atoms with Gasteiger partial charge in [0.15, 0.2) is 5.82 Å². The molecule has 0 saturated carbocycles. The zero-order valence-electron chi connectivity index (χ0n) is 10.5. The Morgan fingerprint density at radius 1 is 1.44 bits per heavy atom. The highest BCUT2D eigenvalue weighted by Gasteiger charge is 2.13. The molecule has 2 aromatic rings. The number of H-pyrrole nitrogens is 1. The van der Waals surface area contributed by atoms with Gasteiger partial charge in [-0.05, 0) is 41.9 Å². The van der Waals surface area contributed by atoms with Gasteiger partial charge in [-0.2, -0.15) is 0 Å². The highest BCUT2D eigenvalue weighted by molar-refractivity contribution is 14.1. The predicted octanol–water partition coefficient (Wildman–Crippen LogP) is 3.00. The molecule has 96 valence electrons. The van der Waals surface area contributed by atoms with E-state index in [0.29, 0.717) is 15.3 Å². The average molecular weight is 375 g/mol. The molecule has 1 N–H and O–H groups in total. The lowest BCUT2D eigenvalue weighted by Gasteiger charge is -2.07. The van der Waals surface area contributed by atoms with Crippen LogP contribution in [0.25, 0.3) is 11.5 Å². The molecule has 2 rings (SSSR count). The maximum atomic E-state index is 11.9. The number of rotatable bonds is 3. The Bertz CT molecular complexity index is 618. The summed E-state index contributed by atoms with van der Waals surface area (Å²) >= 11 is 3.61. The van der Waals surface area contributed by atoms with E-state index in [9.17, 15) is 4.79 Å². The van der Waals surface area contributed by atoms with E-state index in [4.69, 9.17) is 0 Å². The summed E-state index contributed by atoms with van der Waals surface area (Å²) in [7, 11) is 0. The standard InChI is InChI=1S/C12H14IN3OS/c1-6(2)4-8-10(13)12(17)16-11(15-8)9-5-18-7(3)14-9/h5-6H,4H2,1-3H3,(H,15,16,17). The number of aromatic amines is 1. The average Bonchev–Trinajstić information content (AvgIpc) is 2.70. The van der Waals surface area contributed by atoms with Crippen LogP contribution in [0.3, 0.4) is 0 Å². The van der Waals surface area contributed by atoms with Crippen LogP contribution in [-0.4, -0.2) is 15.0 Å². The lowest BCUT2D eigenvalue weighted by Crippen LogP contribution is -2.17. The Labute approximate surface area is 123 Å². The molecule has 0 aliphatic heterocycles. The fraction of sp³-hybridized carbons (Fsp3) is 0.417. The minimum Gasteiger partial charge on any atom is -0.304 e. The van der Waals surface area contributed by atoms with Gasteiger partial charge in [0.2, 0.25) is 0 Å². The third-order valence-electron chi connectivity index (χ3n) is 2.39. The molecule has 0 aliphatic rings. The van der Waals surface area contributed by atoms with Gasteiger partial charge in [-0.1, -0.05) is 13.8 Å². The van der Waals surface area contributed by atoms with Crippen molar-refractivity contribution in [2.24, 2.45) is 5.92 Å². The summed E-state index contributed by atoms with van der Waals surface area (Å²) in [6.45, 7) is 6.17. The Balaban J connectivity index is 2.50. The monoisotopic (exact) mass is 375 g/mol. The zero-order valence-corrected chi connectivity index (χ0v) is 13.4. The van der Waals surface area contributed by atoms with Gasteiger partial charge in [-0.15, -0.1) is 11.3 Å². The molecular weight excluding hydrogens is 361 g/mol. The summed E-state index contributed by atoms with van der Waals surface area (Å²) in [4.78, 5) is 23.6. The molecule has 0 aliphatic carbocycles. The summed E-state index contributed by atoms with van der Waals surface area (Å²) < 4.78 is 0.678. The molecule has 0 radical (unpaired) electrons. The van der Waals surface area contributed by atoms with E-state index in [1.807, 2.05) is 12.3 Å². The number of aryl methyl sites for hydroxylation is 1. The molecule has 4 nitrogen and oxygen atoms in total. The molecule has 0 saturated heterocycles. The molecule has 18 heavy (non-hydrogen) atoms. The molecular formula is C12H14IN3OS. The summed E-state index contributed by atoms with van der Waals surface area (Å²) in [5, 5.41) is 2.89. The number of hydrogen-bond donors (Lipinski definition) is 1. The lowest BCUT2D eigenvalue weighted by molar-refractivity contribution is 0.631. The van der Waals surface area contributed by atoms with Crippen molar-refractivity contribution in [3.05, 3.63) is 30.0 Å². The Morgan fingerprint density at radius 3 is 2.72 bits per heavy atom. The van der Waals surface area contributed by atoms with E-state index < -0.39 is 0 Å². The molecule has 0 amide bonds. The fourth-order valence-electron chi connectivity index (χ4n) is 1.62. The first-order chi connectivity index (χ1) is 8.47. The van der Waals surface area contributed by atoms with Crippen LogP contribution in [0.2, 0.25) is 0 Å². The summed E-state index contributed by atoms with van der Waals surface area (Å²) in [5.74, 6) is 1.04. The van der Waals surface area contributed by atoms with Crippen molar-refractivity contribution in [2.45, 2.75) is 27.2 Å². The van der Waals surface area contributed by atoms with E-state index in [-0.39, 0.29) is 5.56 Å². The highest BCUT2D eigenvalue weighted by atomic mass is 127. The third-order valence-corrected chi connectivity index (χ3v) is 4.28. The van der Waals surface area contributed by atoms with Gasteiger partial charge >= 0.3 is 0 Å². The molecule has 0 atom stereocenters. The van der Waals surface area contributed by atoms with E-state index in [0.717, 1.165) is 22.8 Å². The molecule has 0 bridgehead atoms. The van der Waals surface area contributed by atoms with Crippen LogP contribution in [0.15, 0.2) is 10.2 Å². The summed E-state index contributed by atoms with van der Waals surface area (Å²) in [6.07, 6.45) is 0.804. The van der Waals surface area contributed by atoms with Crippen LogP contribution in [0.4, 0.5) is 0 Å². The number of nitrogens with zero attached hydrogens (tertiary/aromatic N) is 2. The minimum atomic E-state index is -0.0816. The Hall–Kier alpha value is -0.760. The van der Waals surface area contributed by atoms with Crippen molar-refractivity contribution in [1.29, 1.82) is 0 Å². The third kappa shape index (κ3) is 2.97. The van der Waals surface area contributed by atoms with Crippen molar-refractivity contribution in [3.8, 4) is 11.5 Å². The van der Waals surface area contributed by atoms with Crippen LogP contribution in [0.1, 0.15) is 24.5 Å². The number of nitrogens with one attached hydrogen (secondary N) is 1. The van der Waals surface area contributed by atoms with Crippen molar-refractivity contribution < 1.29 is 0 Å². The first-order valence-electron chi connectivity index (χ1n) is 5.68. The first-order valence-corrected chi connectivity index (χ1v) is 7.64. The smallest absolute Gasteiger partial charge is 0.264 e. The van der Waals surface area contributed by atoms with Crippen LogP contribution in [-0.2, 0) is 6.42 Å². The molecule has 2 aromatic heterocycles. The second-order valence-electron chi connectivity index (χ2n) is 4.52. The topological polar surface area (TPSA) is 58.6 Å². The van der Waals surface area contributed by atoms with E-state index in [1.165, 1.54) is 0 Å². The van der Waals surface area contributed by atoms with Crippen molar-refractivity contribution >= 4 is 33.9 Å². The highest BCUT2D eigenvalue weighted by Crippen LogP contribution is 2.19. The van der Waals surface area contributed by atoms with Gasteiger partial charge in [-0.3, -0.25) is 4.79 Å². The van der Waals surface area contributed by atoms with E-state index >= 15 is 0 Å². The van der Waals surface area contributed by atoms with Crippen LogP contribution < -0.4 is 5.56 Å². The van der Waals surface area contributed by atoms with Crippen molar-refractivity contribution in [1.82, 2.24) is 15.0 Å². The Kier molecular flexibility index (Phi) is 4.16. The minimum absolute atomic E-state index is 0.0816. The second-order valence-corrected chi connectivity index (χ2v) is 6.67. The molecule has 2 heterocycles. The lowest BCUT2D eigenvalue weighted by atomic mass is 10.1. The van der Waals surface area contributed by atoms with Crippen LogP contribution in [0.5, 0.6) is 0 Å². The molecule has 0 aromatic carbocycles. The van der Waals surface area contributed by atoms with Gasteiger partial charge in [0, 0.05) is 5.38 Å². The van der Waals surface area contributed by atoms with E-state index in [2.05, 4.69) is 51.4 Å². The van der Waals surface area contributed by atoms with Gasteiger partial charge in [0.1, 0.15) is 5.69 Å². The SMILES string of the molecule is Cc1nc(-c2nc(CC(C)C)c(I)c(=O)[nH]2)cs1. The van der Waals surface area contributed by atoms with Crippen LogP contribution in [0, 0.1) is 16.4 Å². The van der Waals surface area contributed by atoms with Gasteiger partial charge in [-0.25, -0.2) is 9.97 Å². The number of hydrogen-bond acceptors (Lipinski definition) is 4. The van der Waals surface area contributed by atoms with E-state index in [1.54, 1.807) is 11.3 Å². The maximum Gasteiger partial charge on any atom is 0.264 e. The molecule has 0 spiro atoms. The number of halogens is 1. The van der Waals surface area contributed by atoms with Gasteiger partial charge in [0.05, 0.1) is 14.3 Å². The zero-order chi connectivity index (χ0) is 13.3. The van der Waals surface area contributed by atoms with Crippen LogP contribution >= 0.6 is 33.9 Å². The number of aromatic nitrogens is 3. The molecule has 0 unspecified atom stereocenters. The normalized spacial score (nSPS) is 11.2. The maximum absolute atomic E-state index is 11.9.